The second-order valence-electron chi connectivity index (χ2n) is 5.78. The van der Waals surface area contributed by atoms with Crippen molar-refractivity contribution in [2.45, 2.75) is 13.3 Å². The van der Waals surface area contributed by atoms with E-state index in [0.717, 1.165) is 23.1 Å². The predicted octanol–water partition coefficient (Wildman–Crippen LogP) is 4.32. The van der Waals surface area contributed by atoms with Gasteiger partial charge in [0.1, 0.15) is 5.52 Å². The summed E-state index contributed by atoms with van der Waals surface area (Å²) in [4.78, 5) is 0. The van der Waals surface area contributed by atoms with Crippen molar-refractivity contribution < 1.29 is 0 Å². The quantitative estimate of drug-likeness (QED) is 0.564. The number of benzene rings is 3. The number of hydrogen-bond donors (Lipinski definition) is 0. The van der Waals surface area contributed by atoms with Gasteiger partial charge in [-0.25, -0.2) is 4.68 Å². The molecule has 4 aromatic rings. The number of aryl methyl sites for hydroxylation is 1. The summed E-state index contributed by atoms with van der Waals surface area (Å²) in [6.07, 6.45) is 0.880. The van der Waals surface area contributed by atoms with E-state index < -0.39 is 0 Å². The Balaban J connectivity index is 1.79. The number of fused-ring (bicyclic) bond motifs is 1. The van der Waals surface area contributed by atoms with Crippen LogP contribution in [-0.4, -0.2) is 15.0 Å². The summed E-state index contributed by atoms with van der Waals surface area (Å²) >= 11 is 0. The summed E-state index contributed by atoms with van der Waals surface area (Å²) in [7, 11) is 0. The molecule has 0 spiro atoms. The maximum Gasteiger partial charge on any atom is 0.113 e. The standard InChI is InChI=1S/C20H17N3/c1-15-10-12-16(13-11-15)14-17-6-2-4-8-19(17)23-20-9-5-3-7-18(20)21-22-23/h2-13H,14H2,1H3. The molecular formula is C20H17N3. The predicted molar refractivity (Wildman–Crippen MR) is 92.9 cm³/mol. The number of nitrogens with zero attached hydrogens (tertiary/aromatic N) is 3. The molecule has 0 amide bonds. The molecule has 1 aromatic heterocycles. The minimum atomic E-state index is 0.880. The Bertz CT molecular complexity index is 952. The Kier molecular flexibility index (Phi) is 3.39. The van der Waals surface area contributed by atoms with Gasteiger partial charge >= 0.3 is 0 Å². The Morgan fingerprint density at radius 1 is 0.826 bits per heavy atom. The maximum atomic E-state index is 4.35. The number of para-hydroxylation sites is 2. The lowest BCUT2D eigenvalue weighted by atomic mass is 10.0. The van der Waals surface area contributed by atoms with Gasteiger partial charge in [-0.1, -0.05) is 65.4 Å². The first-order valence-electron chi connectivity index (χ1n) is 7.75. The van der Waals surface area contributed by atoms with Gasteiger partial charge < -0.3 is 0 Å². The summed E-state index contributed by atoms with van der Waals surface area (Å²) in [5, 5.41) is 8.62. The lowest BCUT2D eigenvalue weighted by Gasteiger charge is -2.10. The molecule has 0 atom stereocenters. The summed E-state index contributed by atoms with van der Waals surface area (Å²) in [5.74, 6) is 0. The van der Waals surface area contributed by atoms with Crippen LogP contribution in [0.15, 0.2) is 72.8 Å². The van der Waals surface area contributed by atoms with Gasteiger partial charge in [0, 0.05) is 0 Å². The van der Waals surface area contributed by atoms with E-state index in [0.29, 0.717) is 0 Å². The van der Waals surface area contributed by atoms with Crippen molar-refractivity contribution in [3.8, 4) is 5.69 Å². The van der Waals surface area contributed by atoms with Gasteiger partial charge in [-0.15, -0.1) is 5.10 Å². The minimum absolute atomic E-state index is 0.880. The normalized spacial score (nSPS) is 11.0. The average Bonchev–Trinajstić information content (AvgIpc) is 3.01. The van der Waals surface area contributed by atoms with Crippen LogP contribution in [-0.2, 0) is 6.42 Å². The van der Waals surface area contributed by atoms with Crippen LogP contribution in [0.5, 0.6) is 0 Å². The lowest BCUT2D eigenvalue weighted by Crippen LogP contribution is -2.02. The Hall–Kier alpha value is -2.94. The van der Waals surface area contributed by atoms with Crippen LogP contribution in [0.4, 0.5) is 0 Å². The third-order valence-electron chi connectivity index (χ3n) is 4.09. The van der Waals surface area contributed by atoms with E-state index >= 15 is 0 Å². The summed E-state index contributed by atoms with van der Waals surface area (Å²) in [6.45, 7) is 2.11. The van der Waals surface area contributed by atoms with E-state index in [1.165, 1.54) is 16.7 Å². The number of rotatable bonds is 3. The van der Waals surface area contributed by atoms with Crippen LogP contribution in [0.1, 0.15) is 16.7 Å². The van der Waals surface area contributed by atoms with Gasteiger partial charge in [0.05, 0.1) is 11.2 Å². The number of aromatic nitrogens is 3. The van der Waals surface area contributed by atoms with Crippen LogP contribution < -0.4 is 0 Å². The first-order valence-corrected chi connectivity index (χ1v) is 7.75. The topological polar surface area (TPSA) is 30.7 Å². The van der Waals surface area contributed by atoms with Gasteiger partial charge in [-0.2, -0.15) is 0 Å². The van der Waals surface area contributed by atoms with Gasteiger partial charge in [0.2, 0.25) is 0 Å². The fraction of sp³-hybridized carbons (Fsp3) is 0.100. The molecule has 0 N–H and O–H groups in total. The molecule has 0 saturated heterocycles. The van der Waals surface area contributed by atoms with E-state index in [-0.39, 0.29) is 0 Å². The lowest BCUT2D eigenvalue weighted by molar-refractivity contribution is 0.815. The minimum Gasteiger partial charge on any atom is -0.213 e. The highest BCUT2D eigenvalue weighted by molar-refractivity contribution is 5.76. The van der Waals surface area contributed by atoms with Gasteiger partial charge in [-0.05, 0) is 42.7 Å². The van der Waals surface area contributed by atoms with Crippen LogP contribution >= 0.6 is 0 Å². The molecule has 0 bridgehead atoms. The monoisotopic (exact) mass is 299 g/mol. The zero-order valence-corrected chi connectivity index (χ0v) is 13.0. The fourth-order valence-electron chi connectivity index (χ4n) is 2.84. The first kappa shape index (κ1) is 13.7. The van der Waals surface area contributed by atoms with Crippen LogP contribution in [0.3, 0.4) is 0 Å². The first-order chi connectivity index (χ1) is 11.3. The summed E-state index contributed by atoms with van der Waals surface area (Å²) < 4.78 is 1.93. The van der Waals surface area contributed by atoms with E-state index in [4.69, 9.17) is 0 Å². The van der Waals surface area contributed by atoms with Crippen molar-refractivity contribution in [2.24, 2.45) is 0 Å². The summed E-state index contributed by atoms with van der Waals surface area (Å²) in [6, 6.07) is 25.1. The maximum absolute atomic E-state index is 4.35. The molecule has 3 heteroatoms. The second kappa shape index (κ2) is 5.69. The van der Waals surface area contributed by atoms with Crippen molar-refractivity contribution in [1.82, 2.24) is 15.0 Å². The van der Waals surface area contributed by atoms with Gasteiger partial charge in [0.25, 0.3) is 0 Å². The second-order valence-corrected chi connectivity index (χ2v) is 5.78. The van der Waals surface area contributed by atoms with E-state index in [9.17, 15) is 0 Å². The van der Waals surface area contributed by atoms with Crippen LogP contribution in [0.2, 0.25) is 0 Å². The third-order valence-corrected chi connectivity index (χ3v) is 4.09. The fourth-order valence-corrected chi connectivity index (χ4v) is 2.84. The van der Waals surface area contributed by atoms with E-state index in [1.807, 2.05) is 28.9 Å². The van der Waals surface area contributed by atoms with E-state index in [2.05, 4.69) is 65.8 Å². The highest BCUT2D eigenvalue weighted by atomic mass is 15.4. The van der Waals surface area contributed by atoms with Crippen LogP contribution in [0, 0.1) is 6.92 Å². The van der Waals surface area contributed by atoms with Gasteiger partial charge in [0.15, 0.2) is 0 Å². The molecule has 0 unspecified atom stereocenters. The van der Waals surface area contributed by atoms with Crippen molar-refractivity contribution in [1.29, 1.82) is 0 Å². The SMILES string of the molecule is Cc1ccc(Cc2ccccc2-n2nnc3ccccc32)cc1. The largest absolute Gasteiger partial charge is 0.213 e. The molecular weight excluding hydrogens is 282 g/mol. The molecule has 3 aromatic carbocycles. The zero-order chi connectivity index (χ0) is 15.6. The Labute approximate surface area is 135 Å². The molecule has 112 valence electrons. The Morgan fingerprint density at radius 2 is 1.57 bits per heavy atom. The smallest absolute Gasteiger partial charge is 0.113 e. The molecule has 0 fully saturated rings. The molecule has 0 aliphatic heterocycles. The molecule has 1 heterocycles. The highest BCUT2D eigenvalue weighted by Gasteiger charge is 2.10. The average molecular weight is 299 g/mol. The van der Waals surface area contributed by atoms with Crippen molar-refractivity contribution >= 4 is 11.0 Å². The zero-order valence-electron chi connectivity index (χ0n) is 13.0. The molecule has 4 rings (SSSR count). The molecule has 0 radical (unpaired) electrons. The van der Waals surface area contributed by atoms with Gasteiger partial charge in [-0.3, -0.25) is 0 Å². The van der Waals surface area contributed by atoms with Crippen LogP contribution in [0.25, 0.3) is 16.7 Å². The molecule has 0 aliphatic carbocycles. The number of hydrogen-bond acceptors (Lipinski definition) is 2. The molecule has 3 nitrogen and oxygen atoms in total. The highest BCUT2D eigenvalue weighted by Crippen LogP contribution is 2.21. The molecule has 0 aliphatic rings. The Morgan fingerprint density at radius 3 is 2.43 bits per heavy atom. The third kappa shape index (κ3) is 2.61. The molecule has 23 heavy (non-hydrogen) atoms. The summed E-state index contributed by atoms with van der Waals surface area (Å²) in [5.41, 5.74) is 6.85. The van der Waals surface area contributed by atoms with Crippen molar-refractivity contribution in [2.75, 3.05) is 0 Å². The van der Waals surface area contributed by atoms with Crippen molar-refractivity contribution in [3.05, 3.63) is 89.5 Å². The van der Waals surface area contributed by atoms with Crippen molar-refractivity contribution in [3.63, 3.8) is 0 Å². The molecule has 0 saturated carbocycles. The van der Waals surface area contributed by atoms with E-state index in [1.54, 1.807) is 0 Å².